The average molecular weight is 265 g/mol. The van der Waals surface area contributed by atoms with Gasteiger partial charge in [0.1, 0.15) is 0 Å². The maximum atomic E-state index is 12.8. The summed E-state index contributed by atoms with van der Waals surface area (Å²) in [5, 5.41) is 0.651. The number of halogens is 1. The summed E-state index contributed by atoms with van der Waals surface area (Å²) in [6, 6.07) is 7.40. The Hall–Kier alpha value is -0.820. The number of Topliss-reactive ketones (excluding diaryl/α,β-unsaturated/α-hetero) is 1. The van der Waals surface area contributed by atoms with Gasteiger partial charge in [-0.15, -0.1) is 0 Å². The van der Waals surface area contributed by atoms with Crippen LogP contribution in [0, 0.1) is 11.3 Å². The largest absolute Gasteiger partial charge is 0.294 e. The van der Waals surface area contributed by atoms with Crippen LogP contribution in [-0.2, 0) is 0 Å². The summed E-state index contributed by atoms with van der Waals surface area (Å²) in [4.78, 5) is 12.8. The fraction of sp³-hybridized carbons (Fsp3) is 0.562. The molecule has 0 atom stereocenters. The first-order chi connectivity index (χ1) is 8.53. The van der Waals surface area contributed by atoms with Crippen LogP contribution in [-0.4, -0.2) is 5.78 Å². The summed E-state index contributed by atoms with van der Waals surface area (Å²) >= 11 is 5.99. The van der Waals surface area contributed by atoms with Crippen molar-refractivity contribution < 1.29 is 4.79 Å². The van der Waals surface area contributed by atoms with Gasteiger partial charge in [-0.25, -0.2) is 0 Å². The van der Waals surface area contributed by atoms with E-state index in [4.69, 9.17) is 11.6 Å². The molecular weight excluding hydrogens is 244 g/mol. The summed E-state index contributed by atoms with van der Waals surface area (Å²) in [7, 11) is 0. The molecule has 2 heteroatoms. The van der Waals surface area contributed by atoms with E-state index in [0.717, 1.165) is 24.8 Å². The minimum atomic E-state index is -0.126. The fourth-order valence-corrected chi connectivity index (χ4v) is 3.48. The molecule has 18 heavy (non-hydrogen) atoms. The van der Waals surface area contributed by atoms with Crippen LogP contribution in [0.5, 0.6) is 0 Å². The van der Waals surface area contributed by atoms with E-state index in [9.17, 15) is 4.79 Å². The average Bonchev–Trinajstić information content (AvgIpc) is 2.77. The van der Waals surface area contributed by atoms with Crippen molar-refractivity contribution in [1.29, 1.82) is 0 Å². The summed E-state index contributed by atoms with van der Waals surface area (Å²) in [5.41, 5.74) is 0.656. The molecule has 1 nitrogen and oxygen atoms in total. The van der Waals surface area contributed by atoms with Gasteiger partial charge in [-0.3, -0.25) is 4.79 Å². The summed E-state index contributed by atoms with van der Waals surface area (Å²) in [5.74, 6) is 0.863. The summed E-state index contributed by atoms with van der Waals surface area (Å²) in [6.45, 7) is 4.40. The molecule has 0 aromatic heterocycles. The zero-order valence-electron chi connectivity index (χ0n) is 11.2. The lowest BCUT2D eigenvalue weighted by atomic mass is 9.73. The van der Waals surface area contributed by atoms with Crippen LogP contribution in [0.2, 0.25) is 5.02 Å². The highest BCUT2D eigenvalue weighted by Gasteiger charge is 2.41. The topological polar surface area (TPSA) is 17.1 Å². The van der Waals surface area contributed by atoms with Crippen molar-refractivity contribution >= 4 is 17.4 Å². The molecule has 1 aliphatic rings. The molecule has 0 radical (unpaired) electrons. The standard InChI is InChI=1S/C16H21ClO/c1-12(2)11-16(8-3-4-9-16)15(18)13-6-5-7-14(17)10-13/h5-7,10,12H,3-4,8-9,11H2,1-2H3. The highest BCUT2D eigenvalue weighted by atomic mass is 35.5. The van der Waals surface area contributed by atoms with Crippen LogP contribution in [0.4, 0.5) is 0 Å². The Bertz CT molecular complexity index is 430. The Morgan fingerprint density at radius 2 is 2.00 bits per heavy atom. The van der Waals surface area contributed by atoms with E-state index in [0.29, 0.717) is 16.7 Å². The second-order valence-electron chi connectivity index (χ2n) is 5.92. The van der Waals surface area contributed by atoms with E-state index >= 15 is 0 Å². The molecule has 1 aromatic carbocycles. The van der Waals surface area contributed by atoms with Crippen molar-refractivity contribution in [3.8, 4) is 0 Å². The van der Waals surface area contributed by atoms with Crippen LogP contribution >= 0.6 is 11.6 Å². The molecule has 0 aliphatic heterocycles. The van der Waals surface area contributed by atoms with Gasteiger partial charge in [0, 0.05) is 16.0 Å². The van der Waals surface area contributed by atoms with Crippen molar-refractivity contribution in [2.24, 2.45) is 11.3 Å². The maximum Gasteiger partial charge on any atom is 0.169 e. The number of ketones is 1. The van der Waals surface area contributed by atoms with Gasteiger partial charge in [-0.1, -0.05) is 50.4 Å². The molecule has 0 amide bonds. The Kier molecular flexibility index (Phi) is 4.11. The van der Waals surface area contributed by atoms with E-state index in [1.54, 1.807) is 0 Å². The van der Waals surface area contributed by atoms with Gasteiger partial charge >= 0.3 is 0 Å². The predicted molar refractivity (Wildman–Crippen MR) is 76.1 cm³/mol. The zero-order chi connectivity index (χ0) is 13.2. The van der Waals surface area contributed by atoms with Crippen LogP contribution in [0.1, 0.15) is 56.3 Å². The second-order valence-corrected chi connectivity index (χ2v) is 6.36. The molecule has 1 saturated carbocycles. The van der Waals surface area contributed by atoms with Gasteiger partial charge in [0.15, 0.2) is 5.78 Å². The lowest BCUT2D eigenvalue weighted by Gasteiger charge is -2.29. The van der Waals surface area contributed by atoms with Crippen LogP contribution < -0.4 is 0 Å². The molecule has 1 aromatic rings. The van der Waals surface area contributed by atoms with Gasteiger partial charge in [0.25, 0.3) is 0 Å². The molecule has 98 valence electrons. The first kappa shape index (κ1) is 13.6. The second kappa shape index (κ2) is 5.44. The van der Waals surface area contributed by atoms with Gasteiger partial charge in [0.2, 0.25) is 0 Å². The SMILES string of the molecule is CC(C)CC1(C(=O)c2cccc(Cl)c2)CCCC1. The number of benzene rings is 1. The highest BCUT2D eigenvalue weighted by molar-refractivity contribution is 6.31. The number of carbonyl (C=O) groups excluding carboxylic acids is 1. The first-order valence-corrected chi connectivity index (χ1v) is 7.22. The Labute approximate surface area is 115 Å². The molecule has 0 heterocycles. The third-order valence-electron chi connectivity index (χ3n) is 3.93. The first-order valence-electron chi connectivity index (χ1n) is 6.84. The minimum absolute atomic E-state index is 0.126. The molecule has 0 unspecified atom stereocenters. The summed E-state index contributed by atoms with van der Waals surface area (Å²) in [6.07, 6.45) is 5.43. The van der Waals surface area contributed by atoms with Gasteiger partial charge < -0.3 is 0 Å². The van der Waals surface area contributed by atoms with Gasteiger partial charge in [0.05, 0.1) is 0 Å². The van der Waals surface area contributed by atoms with Crippen molar-refractivity contribution in [2.45, 2.75) is 46.0 Å². The monoisotopic (exact) mass is 264 g/mol. The van der Waals surface area contributed by atoms with E-state index in [2.05, 4.69) is 13.8 Å². The van der Waals surface area contributed by atoms with Crippen LogP contribution in [0.15, 0.2) is 24.3 Å². The summed E-state index contributed by atoms with van der Waals surface area (Å²) < 4.78 is 0. The van der Waals surface area contributed by atoms with Crippen LogP contribution in [0.25, 0.3) is 0 Å². The molecule has 1 fully saturated rings. The van der Waals surface area contributed by atoms with Crippen molar-refractivity contribution in [3.05, 3.63) is 34.9 Å². The minimum Gasteiger partial charge on any atom is -0.294 e. The lowest BCUT2D eigenvalue weighted by Crippen LogP contribution is -2.29. The third kappa shape index (κ3) is 2.77. The molecule has 0 N–H and O–H groups in total. The van der Waals surface area contributed by atoms with E-state index < -0.39 is 0 Å². The molecule has 0 bridgehead atoms. The van der Waals surface area contributed by atoms with Crippen LogP contribution in [0.3, 0.4) is 0 Å². The molecule has 2 rings (SSSR count). The maximum absolute atomic E-state index is 12.8. The lowest BCUT2D eigenvalue weighted by molar-refractivity contribution is 0.0760. The fourth-order valence-electron chi connectivity index (χ4n) is 3.29. The Morgan fingerprint density at radius 3 is 2.56 bits per heavy atom. The number of carbonyl (C=O) groups is 1. The predicted octanol–water partition coefficient (Wildman–Crippen LogP) is 5.13. The molecule has 0 spiro atoms. The third-order valence-corrected chi connectivity index (χ3v) is 4.16. The van der Waals surface area contributed by atoms with Gasteiger partial charge in [-0.05, 0) is 37.3 Å². The van der Waals surface area contributed by atoms with Gasteiger partial charge in [-0.2, -0.15) is 0 Å². The van der Waals surface area contributed by atoms with Crippen molar-refractivity contribution in [3.63, 3.8) is 0 Å². The molecule has 0 saturated heterocycles. The number of hydrogen-bond donors (Lipinski definition) is 0. The number of rotatable bonds is 4. The van der Waals surface area contributed by atoms with Crippen molar-refractivity contribution in [1.82, 2.24) is 0 Å². The Morgan fingerprint density at radius 1 is 1.33 bits per heavy atom. The smallest absolute Gasteiger partial charge is 0.169 e. The van der Waals surface area contributed by atoms with Crippen molar-refractivity contribution in [2.75, 3.05) is 0 Å². The van der Waals surface area contributed by atoms with E-state index in [-0.39, 0.29) is 5.41 Å². The quantitative estimate of drug-likeness (QED) is 0.689. The molecular formula is C16H21ClO. The van der Waals surface area contributed by atoms with E-state index in [1.807, 2.05) is 24.3 Å². The highest BCUT2D eigenvalue weighted by Crippen LogP contribution is 2.45. The number of hydrogen-bond acceptors (Lipinski definition) is 1. The van der Waals surface area contributed by atoms with E-state index in [1.165, 1.54) is 12.8 Å². The zero-order valence-corrected chi connectivity index (χ0v) is 12.0. The normalized spacial score (nSPS) is 18.2. The molecule has 1 aliphatic carbocycles. The Balaban J connectivity index is 2.29.